The van der Waals surface area contributed by atoms with E-state index in [9.17, 15) is 0 Å². The first-order chi connectivity index (χ1) is 11.9. The summed E-state index contributed by atoms with van der Waals surface area (Å²) in [5.41, 5.74) is 6.85. The lowest BCUT2D eigenvalue weighted by Gasteiger charge is -2.09. The van der Waals surface area contributed by atoms with Crippen molar-refractivity contribution >= 4 is 0 Å². The molecule has 0 radical (unpaired) electrons. The molecule has 0 aromatic carbocycles. The second kappa shape index (κ2) is 14.8. The van der Waals surface area contributed by atoms with Crippen LogP contribution in [0.5, 0.6) is 0 Å². The minimum absolute atomic E-state index is 0.993. The Morgan fingerprint density at radius 3 is 2.28 bits per heavy atom. The Balaban J connectivity index is 4.03. The predicted molar refractivity (Wildman–Crippen MR) is 117 cm³/mol. The van der Waals surface area contributed by atoms with Crippen LogP contribution in [-0.4, -0.2) is 0 Å². The monoisotopic (exact) mass is 340 g/mol. The van der Waals surface area contributed by atoms with Crippen molar-refractivity contribution in [3.05, 3.63) is 71.4 Å². The predicted octanol–water partition coefficient (Wildman–Crippen LogP) is 8.65. The first kappa shape index (κ1) is 23.4. The summed E-state index contributed by atoms with van der Waals surface area (Å²) < 4.78 is 0. The molecule has 0 heterocycles. The van der Waals surface area contributed by atoms with E-state index < -0.39 is 0 Å². The third-order valence-corrected chi connectivity index (χ3v) is 4.29. The van der Waals surface area contributed by atoms with E-state index >= 15 is 0 Å². The molecule has 0 bridgehead atoms. The van der Waals surface area contributed by atoms with Crippen LogP contribution in [-0.2, 0) is 0 Å². The molecule has 0 aliphatic heterocycles. The van der Waals surface area contributed by atoms with Crippen molar-refractivity contribution in [2.75, 3.05) is 0 Å². The van der Waals surface area contributed by atoms with E-state index in [0.717, 1.165) is 25.7 Å². The van der Waals surface area contributed by atoms with E-state index in [-0.39, 0.29) is 0 Å². The van der Waals surface area contributed by atoms with Gasteiger partial charge in [-0.15, -0.1) is 0 Å². The normalized spacial score (nSPS) is 13.6. The van der Waals surface area contributed by atoms with Crippen LogP contribution >= 0.6 is 0 Å². The zero-order valence-electron chi connectivity index (χ0n) is 17.5. The van der Waals surface area contributed by atoms with Crippen LogP contribution in [0.1, 0.15) is 86.0 Å². The smallest absolute Gasteiger partial charge is 0.0111 e. The van der Waals surface area contributed by atoms with Crippen LogP contribution in [0.4, 0.5) is 0 Å². The molecule has 0 rings (SSSR count). The summed E-state index contributed by atoms with van der Waals surface area (Å²) >= 11 is 0. The lowest BCUT2D eigenvalue weighted by molar-refractivity contribution is 0.738. The Morgan fingerprint density at radius 2 is 1.68 bits per heavy atom. The van der Waals surface area contributed by atoms with E-state index in [0.29, 0.717) is 0 Å². The van der Waals surface area contributed by atoms with Gasteiger partial charge in [-0.1, -0.05) is 79.2 Å². The van der Waals surface area contributed by atoms with Gasteiger partial charge in [0.25, 0.3) is 0 Å². The zero-order chi connectivity index (χ0) is 19.1. The standard InChI is InChI=1S/C25H40/c1-8-15-25(9-2)24(7)17-14-12-10-11-13-16-22(5)20-23(6)19-18-21(3)4/h9,11,13,16,19H,3,7-8,10,12,14-15,17-18,20H2,1-2,4-6H3/b13-11-,22-16+,23-19-,25-9+. The molecule has 25 heavy (non-hydrogen) atoms. The van der Waals surface area contributed by atoms with E-state index in [2.05, 4.69) is 78.2 Å². The van der Waals surface area contributed by atoms with Gasteiger partial charge in [-0.25, -0.2) is 0 Å². The maximum absolute atomic E-state index is 4.25. The molecule has 0 fully saturated rings. The highest BCUT2D eigenvalue weighted by Crippen LogP contribution is 2.20. The van der Waals surface area contributed by atoms with Crippen LogP contribution in [0.2, 0.25) is 0 Å². The first-order valence-corrected chi connectivity index (χ1v) is 9.86. The summed E-state index contributed by atoms with van der Waals surface area (Å²) in [6.07, 6.45) is 20.4. The van der Waals surface area contributed by atoms with Gasteiger partial charge in [-0.3, -0.25) is 0 Å². The fourth-order valence-corrected chi connectivity index (χ4v) is 2.80. The molecule has 0 nitrogen and oxygen atoms in total. The van der Waals surface area contributed by atoms with E-state index in [4.69, 9.17) is 0 Å². The zero-order valence-corrected chi connectivity index (χ0v) is 17.5. The molecule has 0 saturated heterocycles. The molecule has 0 aromatic rings. The van der Waals surface area contributed by atoms with Gasteiger partial charge in [-0.05, 0) is 78.2 Å². The lowest BCUT2D eigenvalue weighted by atomic mass is 9.97. The Labute approximate surface area is 157 Å². The summed E-state index contributed by atoms with van der Waals surface area (Å²) in [5, 5.41) is 0. The quantitative estimate of drug-likeness (QED) is 0.179. The second-order valence-electron chi connectivity index (χ2n) is 7.24. The van der Waals surface area contributed by atoms with Crippen molar-refractivity contribution in [2.45, 2.75) is 86.0 Å². The maximum Gasteiger partial charge on any atom is -0.0111 e. The number of hydrogen-bond acceptors (Lipinski definition) is 0. The van der Waals surface area contributed by atoms with Crippen LogP contribution in [0, 0.1) is 0 Å². The van der Waals surface area contributed by atoms with E-state index in [1.807, 2.05) is 0 Å². The van der Waals surface area contributed by atoms with Crippen molar-refractivity contribution in [3.8, 4) is 0 Å². The highest BCUT2D eigenvalue weighted by atomic mass is 14.1. The summed E-state index contributed by atoms with van der Waals surface area (Å²) in [6, 6.07) is 0. The molecule has 0 aliphatic carbocycles. The topological polar surface area (TPSA) is 0 Å². The molecule has 0 aliphatic rings. The van der Waals surface area contributed by atoms with Gasteiger partial charge in [-0.2, -0.15) is 0 Å². The van der Waals surface area contributed by atoms with Crippen LogP contribution in [0.15, 0.2) is 71.4 Å². The number of hydrogen-bond donors (Lipinski definition) is 0. The molecule has 0 aromatic heterocycles. The minimum Gasteiger partial charge on any atom is -0.0998 e. The number of allylic oxidation sites excluding steroid dienone is 10. The van der Waals surface area contributed by atoms with Gasteiger partial charge in [0.1, 0.15) is 0 Å². The van der Waals surface area contributed by atoms with Crippen LogP contribution in [0.25, 0.3) is 0 Å². The van der Waals surface area contributed by atoms with Crippen molar-refractivity contribution < 1.29 is 0 Å². The molecule has 0 amide bonds. The van der Waals surface area contributed by atoms with Gasteiger partial charge in [0.15, 0.2) is 0 Å². The molecule has 0 saturated carbocycles. The van der Waals surface area contributed by atoms with Crippen molar-refractivity contribution in [1.29, 1.82) is 0 Å². The largest absolute Gasteiger partial charge is 0.0998 e. The number of rotatable bonds is 13. The second-order valence-corrected chi connectivity index (χ2v) is 7.24. The molecular formula is C25H40. The summed E-state index contributed by atoms with van der Waals surface area (Å²) in [6.45, 7) is 19.0. The molecule has 140 valence electrons. The van der Waals surface area contributed by atoms with Crippen molar-refractivity contribution in [1.82, 2.24) is 0 Å². The minimum atomic E-state index is 0.993. The van der Waals surface area contributed by atoms with Crippen LogP contribution < -0.4 is 0 Å². The van der Waals surface area contributed by atoms with E-state index in [1.54, 1.807) is 0 Å². The van der Waals surface area contributed by atoms with E-state index in [1.165, 1.54) is 53.5 Å². The highest BCUT2D eigenvalue weighted by Gasteiger charge is 2.00. The highest BCUT2D eigenvalue weighted by molar-refractivity contribution is 5.27. The fourth-order valence-electron chi connectivity index (χ4n) is 2.80. The van der Waals surface area contributed by atoms with Crippen molar-refractivity contribution in [3.63, 3.8) is 0 Å². The number of unbranched alkanes of at least 4 members (excludes halogenated alkanes) is 2. The van der Waals surface area contributed by atoms with Crippen molar-refractivity contribution in [2.24, 2.45) is 0 Å². The average molecular weight is 341 g/mol. The Morgan fingerprint density at radius 1 is 0.960 bits per heavy atom. The van der Waals surface area contributed by atoms with Gasteiger partial charge in [0.05, 0.1) is 0 Å². The Kier molecular flexibility index (Phi) is 13.8. The SMILES string of the molecule is C=C(C)C/C=C(/C)C/C(C)=C/C=C\CCCCC(=C)/C(=C/C)CCC. The lowest BCUT2D eigenvalue weighted by Crippen LogP contribution is -1.89. The summed E-state index contributed by atoms with van der Waals surface area (Å²) in [5.74, 6) is 0. The third kappa shape index (κ3) is 13.4. The summed E-state index contributed by atoms with van der Waals surface area (Å²) in [4.78, 5) is 0. The maximum atomic E-state index is 4.25. The Hall–Kier alpha value is -1.56. The first-order valence-electron chi connectivity index (χ1n) is 9.86. The molecular weight excluding hydrogens is 300 g/mol. The third-order valence-electron chi connectivity index (χ3n) is 4.29. The molecule has 0 atom stereocenters. The molecule has 0 N–H and O–H groups in total. The van der Waals surface area contributed by atoms with Gasteiger partial charge in [0.2, 0.25) is 0 Å². The fraction of sp³-hybridized carbons (Fsp3) is 0.520. The van der Waals surface area contributed by atoms with Gasteiger partial charge < -0.3 is 0 Å². The summed E-state index contributed by atoms with van der Waals surface area (Å²) in [7, 11) is 0. The van der Waals surface area contributed by atoms with Crippen LogP contribution in [0.3, 0.4) is 0 Å². The van der Waals surface area contributed by atoms with Gasteiger partial charge >= 0.3 is 0 Å². The van der Waals surface area contributed by atoms with Gasteiger partial charge in [0, 0.05) is 0 Å². The average Bonchev–Trinajstić information content (AvgIpc) is 2.56. The molecule has 0 unspecified atom stereocenters. The molecule has 0 heteroatoms. The Bertz CT molecular complexity index is 520. The molecule has 0 spiro atoms.